The van der Waals surface area contributed by atoms with Crippen molar-refractivity contribution in [3.63, 3.8) is 0 Å². The van der Waals surface area contributed by atoms with Gasteiger partial charge >= 0.3 is 18.5 Å². The fraction of sp³-hybridized carbons (Fsp3) is 0.667. The van der Waals surface area contributed by atoms with E-state index in [1.54, 1.807) is 0 Å². The molecule has 2 aliphatic carbocycles. The Morgan fingerprint density at radius 3 is 2.09 bits per heavy atom. The normalized spacial score (nSPS) is 23.8. The number of fused-ring (bicyclic) bond motifs is 2. The smallest absolute Gasteiger partial charge is 0.300 e. The summed E-state index contributed by atoms with van der Waals surface area (Å²) in [4.78, 5) is 9.93. The molecule has 0 aromatic heterocycles. The summed E-state index contributed by atoms with van der Waals surface area (Å²) in [6.45, 7) is -1.22. The number of hydrogen-bond donors (Lipinski definition) is 0. The van der Waals surface area contributed by atoms with E-state index in [0.717, 1.165) is 12.1 Å². The van der Waals surface area contributed by atoms with Crippen LogP contribution in [0.1, 0.15) is 36.8 Å². The van der Waals surface area contributed by atoms with E-state index in [9.17, 15) is 49.6 Å². The van der Waals surface area contributed by atoms with Gasteiger partial charge in [-0.15, -0.1) is 0 Å². The molecule has 1 aromatic carbocycles. The highest BCUT2D eigenvalue weighted by Gasteiger charge is 2.77. The summed E-state index contributed by atoms with van der Waals surface area (Å²) in [6.07, 6.45) is -15.7. The Labute approximate surface area is 189 Å². The van der Waals surface area contributed by atoms with Gasteiger partial charge in [0.05, 0.1) is 33.7 Å². The van der Waals surface area contributed by atoms with Crippen LogP contribution in [0.5, 0.6) is 0 Å². The van der Waals surface area contributed by atoms with Gasteiger partial charge < -0.3 is 0 Å². The van der Waals surface area contributed by atoms with Crippen molar-refractivity contribution in [1.82, 2.24) is 0 Å². The number of nitro groups is 1. The molecule has 3 atom stereocenters. The lowest BCUT2D eigenvalue weighted by Crippen LogP contribution is -2.59. The van der Waals surface area contributed by atoms with Crippen molar-refractivity contribution in [1.29, 1.82) is 0 Å². The van der Waals surface area contributed by atoms with Gasteiger partial charge in [-0.05, 0) is 53.9 Å². The molecule has 2 fully saturated rings. The molecule has 0 radical (unpaired) electrons. The first-order valence-corrected chi connectivity index (χ1v) is 11.6. The van der Waals surface area contributed by atoms with Crippen LogP contribution in [0.15, 0.2) is 18.2 Å². The lowest BCUT2D eigenvalue weighted by molar-refractivity contribution is -0.386. The minimum atomic E-state index is -5.71. The van der Waals surface area contributed by atoms with Crippen molar-refractivity contribution in [3.8, 4) is 0 Å². The third kappa shape index (κ3) is 4.90. The Hall–Kier alpha value is -1.35. The summed E-state index contributed by atoms with van der Waals surface area (Å²) in [5.41, 5.74) is -3.47. The molecule has 2 bridgehead atoms. The zero-order valence-corrected chi connectivity index (χ0v) is 18.0. The first-order chi connectivity index (χ1) is 15.1. The van der Waals surface area contributed by atoms with Crippen LogP contribution in [-0.2, 0) is 17.0 Å². The summed E-state index contributed by atoms with van der Waals surface area (Å²) in [5.74, 6) is -2.77. The third-order valence-electron chi connectivity index (χ3n) is 6.17. The molecule has 0 amide bonds. The molecular formula is C18H16F9NO3S2. The van der Waals surface area contributed by atoms with Crippen LogP contribution in [0.25, 0.3) is 0 Å². The van der Waals surface area contributed by atoms with Crippen molar-refractivity contribution in [3.05, 3.63) is 39.4 Å². The molecule has 0 aliphatic heterocycles. The molecule has 3 unspecified atom stereocenters. The quantitative estimate of drug-likeness (QED) is 0.0904. The maximum absolute atomic E-state index is 13.9. The SMILES string of the molecule is O=[N+]([O-])c1cccc(C(F)(F)F)c1COSSC(C1CC2CCC1C2)(C(F)(F)F)C(F)(F)F. The average Bonchev–Trinajstić information content (AvgIpc) is 3.28. The molecule has 33 heavy (non-hydrogen) atoms. The fourth-order valence-electron chi connectivity index (χ4n) is 4.80. The van der Waals surface area contributed by atoms with Crippen molar-refractivity contribution in [2.24, 2.45) is 17.8 Å². The van der Waals surface area contributed by atoms with Gasteiger partial charge in [-0.1, -0.05) is 12.5 Å². The number of nitrogens with zero attached hydrogens (tertiary/aromatic N) is 1. The molecule has 1 aromatic rings. The summed E-state index contributed by atoms with van der Waals surface area (Å²) in [7, 11) is -0.640. The van der Waals surface area contributed by atoms with Gasteiger partial charge in [-0.25, -0.2) is 0 Å². The van der Waals surface area contributed by atoms with Gasteiger partial charge in [-0.3, -0.25) is 14.3 Å². The van der Waals surface area contributed by atoms with Crippen LogP contribution in [0.2, 0.25) is 0 Å². The molecule has 0 saturated heterocycles. The topological polar surface area (TPSA) is 52.4 Å². The number of rotatable bonds is 7. The Kier molecular flexibility index (Phi) is 7.18. The van der Waals surface area contributed by atoms with Gasteiger partial charge in [-0.2, -0.15) is 39.5 Å². The van der Waals surface area contributed by atoms with Crippen LogP contribution in [0.3, 0.4) is 0 Å². The Bertz CT molecular complexity index is 874. The molecule has 4 nitrogen and oxygen atoms in total. The summed E-state index contributed by atoms with van der Waals surface area (Å²) >= 11 is -0.351. The number of halogens is 9. The minimum Gasteiger partial charge on any atom is -0.300 e. The van der Waals surface area contributed by atoms with Gasteiger partial charge in [0.1, 0.15) is 0 Å². The Morgan fingerprint density at radius 2 is 1.64 bits per heavy atom. The molecule has 0 heterocycles. The predicted octanol–water partition coefficient (Wildman–Crippen LogP) is 7.73. The summed E-state index contributed by atoms with van der Waals surface area (Å²) < 4.78 is 124. The minimum absolute atomic E-state index is 0.237. The van der Waals surface area contributed by atoms with Gasteiger partial charge in [0.2, 0.25) is 4.75 Å². The highest BCUT2D eigenvalue weighted by atomic mass is 33.1. The number of nitro benzene ring substituents is 1. The van der Waals surface area contributed by atoms with Gasteiger partial charge in [0, 0.05) is 6.07 Å². The Morgan fingerprint density at radius 1 is 1.00 bits per heavy atom. The van der Waals surface area contributed by atoms with Crippen molar-refractivity contribution >= 4 is 27.6 Å². The zero-order valence-electron chi connectivity index (χ0n) is 16.4. The lowest BCUT2D eigenvalue weighted by atomic mass is 9.77. The van der Waals surface area contributed by atoms with Crippen LogP contribution in [0.4, 0.5) is 45.2 Å². The van der Waals surface area contributed by atoms with E-state index in [0.29, 0.717) is 12.5 Å². The highest BCUT2D eigenvalue weighted by molar-refractivity contribution is 8.75. The zero-order chi connectivity index (χ0) is 24.8. The van der Waals surface area contributed by atoms with Gasteiger partial charge in [0.15, 0.2) is 0 Å². The molecule has 15 heteroatoms. The molecule has 2 saturated carbocycles. The van der Waals surface area contributed by atoms with Crippen molar-refractivity contribution < 1.29 is 48.6 Å². The first kappa shape index (κ1) is 26.3. The highest BCUT2D eigenvalue weighted by Crippen LogP contribution is 2.67. The molecular weight excluding hydrogens is 513 g/mol. The third-order valence-corrected chi connectivity index (χ3v) is 8.76. The summed E-state index contributed by atoms with van der Waals surface area (Å²) in [5, 5.41) is 11.1. The maximum Gasteiger partial charge on any atom is 0.417 e. The Balaban J connectivity index is 1.85. The van der Waals surface area contributed by atoms with E-state index in [2.05, 4.69) is 0 Å². The summed E-state index contributed by atoms with van der Waals surface area (Å²) in [6, 6.07) is 2.00. The van der Waals surface area contributed by atoms with Crippen LogP contribution >= 0.6 is 21.9 Å². The van der Waals surface area contributed by atoms with Crippen molar-refractivity contribution in [2.45, 2.75) is 55.6 Å². The largest absolute Gasteiger partial charge is 0.417 e. The van der Waals surface area contributed by atoms with Crippen LogP contribution in [0, 0.1) is 27.9 Å². The lowest BCUT2D eigenvalue weighted by Gasteiger charge is -2.43. The standard InChI is InChI=1S/C18H16F9NO3S2/c19-16(20,21)12-2-1-3-14(28(29)30)11(12)8-31-33-32-15(17(22,23)24,18(25,26)27)13-7-9-4-5-10(13)6-9/h1-3,9-10,13H,4-8H2. The predicted molar refractivity (Wildman–Crippen MR) is 102 cm³/mol. The maximum atomic E-state index is 13.9. The average molecular weight is 529 g/mol. The van der Waals surface area contributed by atoms with Crippen LogP contribution in [-0.4, -0.2) is 22.0 Å². The van der Waals surface area contributed by atoms with Gasteiger partial charge in [0.25, 0.3) is 5.69 Å². The van der Waals surface area contributed by atoms with Crippen LogP contribution < -0.4 is 0 Å². The van der Waals surface area contributed by atoms with E-state index in [1.165, 1.54) is 0 Å². The van der Waals surface area contributed by atoms with E-state index in [4.69, 9.17) is 4.18 Å². The number of hydrogen-bond acceptors (Lipinski definition) is 5. The fourth-order valence-corrected chi connectivity index (χ4v) is 7.27. The van der Waals surface area contributed by atoms with E-state index >= 15 is 0 Å². The molecule has 2 aliphatic rings. The molecule has 0 N–H and O–H groups in total. The number of alkyl halides is 9. The monoisotopic (exact) mass is 529 g/mol. The molecule has 0 spiro atoms. The second-order valence-electron chi connectivity index (χ2n) is 7.98. The molecule has 3 rings (SSSR count). The second-order valence-corrected chi connectivity index (χ2v) is 10.1. The van der Waals surface area contributed by atoms with E-state index < -0.39 is 74.3 Å². The number of benzene rings is 1. The second kappa shape index (κ2) is 9.02. The van der Waals surface area contributed by atoms with E-state index in [-0.39, 0.29) is 36.3 Å². The van der Waals surface area contributed by atoms with E-state index in [1.807, 2.05) is 0 Å². The first-order valence-electron chi connectivity index (χ1n) is 9.53. The molecule has 186 valence electrons. The van der Waals surface area contributed by atoms with Crippen molar-refractivity contribution in [2.75, 3.05) is 0 Å².